The highest BCUT2D eigenvalue weighted by Gasteiger charge is 2.35. The van der Waals surface area contributed by atoms with Gasteiger partial charge in [-0.3, -0.25) is 4.90 Å². The van der Waals surface area contributed by atoms with Crippen LogP contribution in [0.25, 0.3) is 0 Å². The molecule has 0 bridgehead atoms. The first-order chi connectivity index (χ1) is 7.38. The van der Waals surface area contributed by atoms with Gasteiger partial charge in [0.2, 0.25) is 0 Å². The van der Waals surface area contributed by atoms with Gasteiger partial charge in [-0.15, -0.1) is 0 Å². The van der Waals surface area contributed by atoms with Gasteiger partial charge in [0, 0.05) is 26.2 Å². The van der Waals surface area contributed by atoms with Crippen molar-refractivity contribution in [2.45, 2.75) is 52.4 Å². The van der Waals surface area contributed by atoms with Crippen molar-refractivity contribution in [3.8, 4) is 0 Å². The van der Waals surface area contributed by atoms with E-state index < -0.39 is 0 Å². The molecule has 0 radical (unpaired) electrons. The Kier molecular flexibility index (Phi) is 4.77. The van der Waals surface area contributed by atoms with Crippen LogP contribution in [0, 0.1) is 5.92 Å². The lowest BCUT2D eigenvalue weighted by Crippen LogP contribution is -2.46. The lowest BCUT2D eigenvalue weighted by Gasteiger charge is -2.33. The average Bonchev–Trinajstić information content (AvgIpc) is 2.38. The first-order valence-electron chi connectivity index (χ1n) is 6.29. The van der Waals surface area contributed by atoms with E-state index >= 15 is 0 Å². The van der Waals surface area contributed by atoms with Crippen molar-refractivity contribution in [2.75, 3.05) is 26.8 Å². The zero-order valence-corrected chi connectivity index (χ0v) is 11.6. The van der Waals surface area contributed by atoms with Crippen molar-refractivity contribution in [1.82, 2.24) is 4.90 Å². The number of rotatable bonds is 3. The molecule has 1 aliphatic rings. The fourth-order valence-corrected chi connectivity index (χ4v) is 2.03. The molecule has 0 amide bonds. The van der Waals surface area contributed by atoms with Gasteiger partial charge in [0.05, 0.1) is 12.7 Å². The Hall–Kier alpha value is -0.120. The Morgan fingerprint density at radius 2 is 1.94 bits per heavy atom. The number of nitrogens with zero attached hydrogens (tertiary/aromatic N) is 1. The van der Waals surface area contributed by atoms with E-state index in [2.05, 4.69) is 39.5 Å². The average molecular weight is 229 g/mol. The Labute approximate surface area is 100 Å². The van der Waals surface area contributed by atoms with Crippen LogP contribution in [0.2, 0.25) is 0 Å². The molecule has 0 N–H and O–H groups in total. The topological polar surface area (TPSA) is 21.7 Å². The summed E-state index contributed by atoms with van der Waals surface area (Å²) in [7, 11) is 1.78. The second-order valence-corrected chi connectivity index (χ2v) is 5.77. The van der Waals surface area contributed by atoms with Gasteiger partial charge < -0.3 is 9.47 Å². The van der Waals surface area contributed by atoms with E-state index in [1.54, 1.807) is 7.11 Å². The third-order valence-corrected chi connectivity index (χ3v) is 3.52. The summed E-state index contributed by atoms with van der Waals surface area (Å²) in [4.78, 5) is 2.46. The second-order valence-electron chi connectivity index (χ2n) is 5.77. The van der Waals surface area contributed by atoms with Gasteiger partial charge in [0.1, 0.15) is 5.60 Å². The molecule has 0 saturated carbocycles. The lowest BCUT2D eigenvalue weighted by atomic mass is 10.1. The highest BCUT2D eigenvalue weighted by atomic mass is 16.5. The maximum Gasteiger partial charge on any atom is 0.101 e. The molecule has 1 aliphatic heterocycles. The van der Waals surface area contributed by atoms with Crippen LogP contribution in [0.15, 0.2) is 0 Å². The normalized spacial score (nSPS) is 33.4. The Morgan fingerprint density at radius 3 is 2.38 bits per heavy atom. The summed E-state index contributed by atoms with van der Waals surface area (Å²) in [6, 6.07) is 0.539. The molecule has 0 unspecified atom stereocenters. The van der Waals surface area contributed by atoms with E-state index in [1.165, 1.54) is 0 Å². The molecule has 1 heterocycles. The van der Waals surface area contributed by atoms with Gasteiger partial charge in [0.25, 0.3) is 0 Å². The van der Waals surface area contributed by atoms with Gasteiger partial charge in [-0.05, 0) is 26.7 Å². The summed E-state index contributed by atoms with van der Waals surface area (Å²) in [5.41, 5.74) is -0.173. The maximum absolute atomic E-state index is 5.98. The van der Waals surface area contributed by atoms with Gasteiger partial charge in [-0.2, -0.15) is 0 Å². The molecule has 16 heavy (non-hydrogen) atoms. The van der Waals surface area contributed by atoms with Crippen molar-refractivity contribution in [1.29, 1.82) is 0 Å². The molecule has 1 rings (SSSR count). The van der Waals surface area contributed by atoms with Gasteiger partial charge in [0.15, 0.2) is 0 Å². The molecule has 96 valence electrons. The number of hydrogen-bond acceptors (Lipinski definition) is 3. The van der Waals surface area contributed by atoms with Crippen LogP contribution >= 0.6 is 0 Å². The monoisotopic (exact) mass is 229 g/mol. The lowest BCUT2D eigenvalue weighted by molar-refractivity contribution is -0.0759. The molecule has 0 aliphatic carbocycles. The van der Waals surface area contributed by atoms with Gasteiger partial charge in [-0.1, -0.05) is 13.8 Å². The summed E-state index contributed by atoms with van der Waals surface area (Å²) >= 11 is 0. The molecular weight excluding hydrogens is 202 g/mol. The third kappa shape index (κ3) is 3.44. The second kappa shape index (κ2) is 5.48. The third-order valence-electron chi connectivity index (χ3n) is 3.52. The van der Waals surface area contributed by atoms with E-state index in [0.29, 0.717) is 24.7 Å². The largest absolute Gasteiger partial charge is 0.375 e. The molecule has 0 aromatic heterocycles. The van der Waals surface area contributed by atoms with E-state index in [4.69, 9.17) is 9.47 Å². The van der Waals surface area contributed by atoms with Crippen LogP contribution in [-0.4, -0.2) is 49.5 Å². The number of methoxy groups -OCH3 is 1. The molecule has 0 aromatic rings. The molecule has 3 nitrogen and oxygen atoms in total. The molecule has 3 heteroatoms. The van der Waals surface area contributed by atoms with Crippen LogP contribution in [0.1, 0.15) is 34.6 Å². The van der Waals surface area contributed by atoms with Crippen molar-refractivity contribution >= 4 is 0 Å². The van der Waals surface area contributed by atoms with Crippen LogP contribution in [-0.2, 0) is 9.47 Å². The first kappa shape index (κ1) is 13.9. The van der Waals surface area contributed by atoms with E-state index in [0.717, 1.165) is 13.1 Å². The van der Waals surface area contributed by atoms with Crippen molar-refractivity contribution in [2.24, 2.45) is 5.92 Å². The SMILES string of the molecule is CO[C@@]1(C)CO[C@H](C(C)C)CN(C(C)C)C1. The molecular formula is C13H27NO2. The Bertz CT molecular complexity index is 218. The van der Waals surface area contributed by atoms with Crippen molar-refractivity contribution in [3.05, 3.63) is 0 Å². The molecule has 1 saturated heterocycles. The van der Waals surface area contributed by atoms with Gasteiger partial charge in [-0.25, -0.2) is 0 Å². The summed E-state index contributed by atoms with van der Waals surface area (Å²) in [5.74, 6) is 0.556. The minimum atomic E-state index is -0.173. The molecule has 0 spiro atoms. The summed E-state index contributed by atoms with van der Waals surface area (Å²) in [6.45, 7) is 13.7. The summed E-state index contributed by atoms with van der Waals surface area (Å²) in [5, 5.41) is 0. The van der Waals surface area contributed by atoms with Gasteiger partial charge >= 0.3 is 0 Å². The first-order valence-corrected chi connectivity index (χ1v) is 6.29. The zero-order valence-electron chi connectivity index (χ0n) is 11.6. The number of hydrogen-bond donors (Lipinski definition) is 0. The number of ether oxygens (including phenoxy) is 2. The highest BCUT2D eigenvalue weighted by molar-refractivity contribution is 4.86. The summed E-state index contributed by atoms with van der Waals surface area (Å²) in [6.07, 6.45) is 0.319. The van der Waals surface area contributed by atoms with Crippen molar-refractivity contribution in [3.63, 3.8) is 0 Å². The van der Waals surface area contributed by atoms with Crippen molar-refractivity contribution < 1.29 is 9.47 Å². The predicted octanol–water partition coefficient (Wildman–Crippen LogP) is 2.16. The van der Waals surface area contributed by atoms with E-state index in [1.807, 2.05) is 0 Å². The maximum atomic E-state index is 5.98. The fraction of sp³-hybridized carbons (Fsp3) is 1.00. The Balaban J connectivity index is 2.76. The smallest absolute Gasteiger partial charge is 0.101 e. The van der Waals surface area contributed by atoms with Crippen LogP contribution < -0.4 is 0 Å². The molecule has 0 aromatic carbocycles. The van der Waals surface area contributed by atoms with Crippen LogP contribution in [0.4, 0.5) is 0 Å². The standard InChI is InChI=1S/C13H27NO2/c1-10(2)12-7-14(11(3)4)8-13(5,15-6)9-16-12/h10-12H,7-9H2,1-6H3/t12-,13+/m0/s1. The molecule has 2 atom stereocenters. The van der Waals surface area contributed by atoms with E-state index in [9.17, 15) is 0 Å². The fourth-order valence-electron chi connectivity index (χ4n) is 2.03. The predicted molar refractivity (Wildman–Crippen MR) is 66.7 cm³/mol. The minimum absolute atomic E-state index is 0.173. The highest BCUT2D eigenvalue weighted by Crippen LogP contribution is 2.22. The Morgan fingerprint density at radius 1 is 1.31 bits per heavy atom. The van der Waals surface area contributed by atoms with Crippen LogP contribution in [0.5, 0.6) is 0 Å². The quantitative estimate of drug-likeness (QED) is 0.740. The molecule has 1 fully saturated rings. The van der Waals surface area contributed by atoms with Crippen LogP contribution in [0.3, 0.4) is 0 Å². The van der Waals surface area contributed by atoms with E-state index in [-0.39, 0.29) is 5.60 Å². The minimum Gasteiger partial charge on any atom is -0.375 e. The zero-order chi connectivity index (χ0) is 12.3. The summed E-state index contributed by atoms with van der Waals surface area (Å²) < 4.78 is 11.6.